The first-order valence-electron chi connectivity index (χ1n) is 31.7. The molecule has 9 heteroatoms. The predicted octanol–water partition coefficient (Wildman–Crippen LogP) is 19.2. The van der Waals surface area contributed by atoms with E-state index in [2.05, 4.69) is 135 Å². The van der Waals surface area contributed by atoms with E-state index in [1.54, 1.807) is 0 Å². The van der Waals surface area contributed by atoms with Gasteiger partial charge in [-0.25, -0.2) is 4.79 Å². The molecule has 0 fully saturated rings. The number of carboxylic acid groups (broad SMARTS) is 1. The van der Waals surface area contributed by atoms with Crippen molar-refractivity contribution < 1.29 is 42.9 Å². The van der Waals surface area contributed by atoms with Crippen molar-refractivity contribution in [3.8, 4) is 0 Å². The van der Waals surface area contributed by atoms with Gasteiger partial charge in [0.15, 0.2) is 6.10 Å². The third-order valence-electron chi connectivity index (χ3n) is 13.2. The van der Waals surface area contributed by atoms with E-state index in [0.717, 1.165) is 109 Å². The molecule has 2 atom stereocenters. The summed E-state index contributed by atoms with van der Waals surface area (Å²) < 4.78 is 22.9. The average Bonchev–Trinajstić information content (AvgIpc) is 3.42. The fourth-order valence-corrected chi connectivity index (χ4v) is 8.35. The SMILES string of the molecule is CC/C=C\C/C=C\C/C=C\C/C=C\C/C=C\C/C=C\C/C=C\CCCCCCCCCCCCCCCC(=O)OC(COC(=O)CCCCCCCC/C=C\C/C=C\C/C=C\CCCCC)COC(OCC[N+](C)(C)C)C(=O)O. The first-order valence-corrected chi connectivity index (χ1v) is 31.7. The van der Waals surface area contributed by atoms with Gasteiger partial charge in [0.1, 0.15) is 13.2 Å². The lowest BCUT2D eigenvalue weighted by Crippen LogP contribution is -2.40. The van der Waals surface area contributed by atoms with Gasteiger partial charge < -0.3 is 28.5 Å². The van der Waals surface area contributed by atoms with Gasteiger partial charge in [-0.2, -0.15) is 0 Å². The summed E-state index contributed by atoms with van der Waals surface area (Å²) in [6.07, 6.45) is 81.4. The topological polar surface area (TPSA) is 108 Å². The number of esters is 2. The zero-order chi connectivity index (χ0) is 57.6. The fourth-order valence-electron chi connectivity index (χ4n) is 8.35. The number of allylic oxidation sites excluding steroid dienone is 20. The number of quaternary nitrogens is 1. The van der Waals surface area contributed by atoms with Gasteiger partial charge >= 0.3 is 17.9 Å². The van der Waals surface area contributed by atoms with E-state index in [1.165, 1.54) is 103 Å². The van der Waals surface area contributed by atoms with E-state index >= 15 is 0 Å². The van der Waals surface area contributed by atoms with E-state index in [9.17, 15) is 19.5 Å². The van der Waals surface area contributed by atoms with Crippen LogP contribution in [0.1, 0.15) is 245 Å². The lowest BCUT2D eigenvalue weighted by molar-refractivity contribution is -0.870. The van der Waals surface area contributed by atoms with Crippen LogP contribution in [0, 0.1) is 0 Å². The Bertz CT molecular complexity index is 1710. The van der Waals surface area contributed by atoms with Gasteiger partial charge in [-0.3, -0.25) is 9.59 Å². The van der Waals surface area contributed by atoms with Crippen molar-refractivity contribution in [2.75, 3.05) is 47.5 Å². The summed E-state index contributed by atoms with van der Waals surface area (Å²) >= 11 is 0. The highest BCUT2D eigenvalue weighted by Gasteiger charge is 2.25. The third-order valence-corrected chi connectivity index (χ3v) is 13.2. The molecule has 0 radical (unpaired) electrons. The van der Waals surface area contributed by atoms with Crippen LogP contribution in [0.2, 0.25) is 0 Å². The molecule has 0 amide bonds. The van der Waals surface area contributed by atoms with E-state index in [0.29, 0.717) is 17.4 Å². The highest BCUT2D eigenvalue weighted by molar-refractivity contribution is 5.71. The first-order chi connectivity index (χ1) is 38.6. The van der Waals surface area contributed by atoms with Crippen LogP contribution in [-0.4, -0.2) is 87.4 Å². The second-order valence-corrected chi connectivity index (χ2v) is 22.0. The number of carboxylic acids is 1. The van der Waals surface area contributed by atoms with Crippen LogP contribution in [-0.2, 0) is 33.3 Å². The lowest BCUT2D eigenvalue weighted by atomic mass is 10.0. The van der Waals surface area contributed by atoms with Gasteiger partial charge in [-0.15, -0.1) is 0 Å². The summed E-state index contributed by atoms with van der Waals surface area (Å²) in [4.78, 5) is 37.5. The predicted molar refractivity (Wildman–Crippen MR) is 336 cm³/mol. The molecule has 9 nitrogen and oxygen atoms in total. The Labute approximate surface area is 485 Å². The highest BCUT2D eigenvalue weighted by atomic mass is 16.7. The van der Waals surface area contributed by atoms with Crippen molar-refractivity contribution in [2.45, 2.75) is 257 Å². The molecule has 0 heterocycles. The van der Waals surface area contributed by atoms with Crippen molar-refractivity contribution in [3.63, 3.8) is 0 Å². The van der Waals surface area contributed by atoms with Crippen LogP contribution in [0.4, 0.5) is 0 Å². The largest absolute Gasteiger partial charge is 0.477 e. The molecule has 0 spiro atoms. The number of likely N-dealkylation sites (N-methyl/N-ethyl adjacent to an activating group) is 1. The van der Waals surface area contributed by atoms with Crippen LogP contribution in [0.5, 0.6) is 0 Å². The van der Waals surface area contributed by atoms with E-state index < -0.39 is 24.3 Å². The summed E-state index contributed by atoms with van der Waals surface area (Å²) in [7, 11) is 5.96. The van der Waals surface area contributed by atoms with Crippen molar-refractivity contribution in [1.29, 1.82) is 0 Å². The number of aliphatic carboxylic acids is 1. The van der Waals surface area contributed by atoms with Gasteiger partial charge in [0.2, 0.25) is 0 Å². The van der Waals surface area contributed by atoms with E-state index in [4.69, 9.17) is 18.9 Å². The summed E-state index contributed by atoms with van der Waals surface area (Å²) in [6.45, 7) is 4.72. The Balaban J connectivity index is 4.18. The molecule has 450 valence electrons. The minimum atomic E-state index is -1.52. The molecule has 0 aromatic carbocycles. The molecule has 0 aliphatic heterocycles. The molecule has 0 saturated carbocycles. The van der Waals surface area contributed by atoms with Gasteiger partial charge in [0.25, 0.3) is 6.29 Å². The monoisotopic (exact) mass is 1100 g/mol. The second kappa shape index (κ2) is 59.8. The molecule has 0 rings (SSSR count). The van der Waals surface area contributed by atoms with E-state index in [-0.39, 0.29) is 38.6 Å². The molecule has 0 bridgehead atoms. The van der Waals surface area contributed by atoms with Crippen molar-refractivity contribution >= 4 is 17.9 Å². The Morgan fingerprint density at radius 1 is 0.392 bits per heavy atom. The van der Waals surface area contributed by atoms with E-state index in [1.807, 2.05) is 21.1 Å². The van der Waals surface area contributed by atoms with Crippen LogP contribution >= 0.6 is 0 Å². The Morgan fingerprint density at radius 2 is 0.722 bits per heavy atom. The zero-order valence-corrected chi connectivity index (χ0v) is 51.2. The number of carbonyl (C=O) groups excluding carboxylic acids is 2. The highest BCUT2D eigenvalue weighted by Crippen LogP contribution is 2.16. The summed E-state index contributed by atoms with van der Waals surface area (Å²) in [6, 6.07) is 0. The van der Waals surface area contributed by atoms with Crippen LogP contribution in [0.3, 0.4) is 0 Å². The third kappa shape index (κ3) is 61.2. The van der Waals surface area contributed by atoms with Gasteiger partial charge in [0.05, 0.1) is 34.4 Å². The number of unbranched alkanes of at least 4 members (excludes halogenated alkanes) is 22. The second-order valence-electron chi connectivity index (χ2n) is 22.0. The summed E-state index contributed by atoms with van der Waals surface area (Å²) in [5.74, 6) is -2.03. The molecular formula is C70H118NO8+. The van der Waals surface area contributed by atoms with Crippen molar-refractivity contribution in [1.82, 2.24) is 0 Å². The smallest absolute Gasteiger partial charge is 0.361 e. The van der Waals surface area contributed by atoms with Crippen molar-refractivity contribution in [2.24, 2.45) is 0 Å². The minimum Gasteiger partial charge on any atom is -0.477 e. The Morgan fingerprint density at radius 3 is 1.08 bits per heavy atom. The molecule has 0 aromatic heterocycles. The molecule has 0 aromatic rings. The van der Waals surface area contributed by atoms with Crippen LogP contribution in [0.15, 0.2) is 122 Å². The number of carbonyl (C=O) groups is 3. The molecule has 79 heavy (non-hydrogen) atoms. The number of ether oxygens (including phenoxy) is 4. The molecule has 0 aliphatic rings. The maximum Gasteiger partial charge on any atom is 0.361 e. The molecule has 1 N–H and O–H groups in total. The number of hydrogen-bond acceptors (Lipinski definition) is 7. The number of nitrogens with zero attached hydrogens (tertiary/aromatic N) is 1. The fraction of sp³-hybridized carbons (Fsp3) is 0.671. The Hall–Kier alpha value is -4.31. The standard InChI is InChI=1S/C70H117NO8/c1-6-8-10-12-14-16-18-20-22-24-26-27-28-29-30-31-32-33-34-35-36-37-38-39-40-41-43-45-47-49-51-53-55-57-59-61-68(73)79-66(65-78-70(69(74)75)76-63-62-71(3,4)5)64-77-67(72)60-58-56-54-52-50-48-46-44-42-25-23-21-19-17-15-13-11-9-7-2/h8,10,14-17,20-23,26-27,29-30,32-33,35-36,42,44,66,70H,6-7,9,11-13,18-19,24-25,28,31,34,37-41,43,45-65H2,1-5H3/p+1/b10-8-,16-14-,17-15-,22-20-,23-21-,27-26-,30-29-,33-32-,36-35-,44-42-. The van der Waals surface area contributed by atoms with Crippen LogP contribution in [0.25, 0.3) is 0 Å². The molecule has 2 unspecified atom stereocenters. The lowest BCUT2D eigenvalue weighted by Gasteiger charge is -2.25. The first kappa shape index (κ1) is 74.7. The molecule has 0 aliphatic carbocycles. The summed E-state index contributed by atoms with van der Waals surface area (Å²) in [5.41, 5.74) is 0. The maximum atomic E-state index is 12.9. The minimum absolute atomic E-state index is 0.180. The molecular weight excluding hydrogens is 983 g/mol. The zero-order valence-electron chi connectivity index (χ0n) is 51.2. The average molecular weight is 1100 g/mol. The Kier molecular flexibility index (Phi) is 56.5. The van der Waals surface area contributed by atoms with Gasteiger partial charge in [-0.1, -0.05) is 245 Å². The maximum absolute atomic E-state index is 12.9. The number of rotatable bonds is 57. The van der Waals surface area contributed by atoms with Gasteiger partial charge in [-0.05, 0) is 109 Å². The molecule has 0 saturated heterocycles. The summed E-state index contributed by atoms with van der Waals surface area (Å²) in [5, 5.41) is 9.72. The quantitative estimate of drug-likeness (QED) is 0.0211. The number of hydrogen-bond donors (Lipinski definition) is 1. The van der Waals surface area contributed by atoms with Gasteiger partial charge in [0, 0.05) is 12.8 Å². The van der Waals surface area contributed by atoms with Crippen molar-refractivity contribution in [3.05, 3.63) is 122 Å². The van der Waals surface area contributed by atoms with Crippen LogP contribution < -0.4 is 0 Å². The normalized spacial score (nSPS) is 13.6.